The summed E-state index contributed by atoms with van der Waals surface area (Å²) in [7, 11) is 0. The summed E-state index contributed by atoms with van der Waals surface area (Å²) in [6.45, 7) is 3.85. The third-order valence-electron chi connectivity index (χ3n) is 5.91. The van der Waals surface area contributed by atoms with Gasteiger partial charge in [0.1, 0.15) is 0 Å². The van der Waals surface area contributed by atoms with Gasteiger partial charge in [0, 0.05) is 19.1 Å². The van der Waals surface area contributed by atoms with E-state index in [1.165, 1.54) is 83.8 Å². The minimum atomic E-state index is 0.450. The second-order valence-electron chi connectivity index (χ2n) is 7.25. The van der Waals surface area contributed by atoms with E-state index in [4.69, 9.17) is 5.73 Å². The van der Waals surface area contributed by atoms with E-state index in [9.17, 15) is 0 Å². The Morgan fingerprint density at radius 3 is 2.44 bits per heavy atom. The lowest BCUT2D eigenvalue weighted by atomic mass is 9.73. The zero-order valence-electron chi connectivity index (χ0n) is 11.9. The van der Waals surface area contributed by atoms with Crippen molar-refractivity contribution in [3.05, 3.63) is 0 Å². The average Bonchev–Trinajstić information content (AvgIpc) is 3.01. The fourth-order valence-corrected chi connectivity index (χ4v) is 4.73. The summed E-state index contributed by atoms with van der Waals surface area (Å²) in [5.41, 5.74) is 7.14. The molecule has 3 aliphatic rings. The van der Waals surface area contributed by atoms with Crippen LogP contribution in [0.3, 0.4) is 0 Å². The van der Waals surface area contributed by atoms with Gasteiger partial charge < -0.3 is 10.6 Å². The molecule has 0 amide bonds. The van der Waals surface area contributed by atoms with E-state index in [2.05, 4.69) is 4.90 Å². The Morgan fingerprint density at radius 1 is 1.00 bits per heavy atom. The number of hydrogen-bond donors (Lipinski definition) is 1. The van der Waals surface area contributed by atoms with Gasteiger partial charge in [-0.2, -0.15) is 0 Å². The summed E-state index contributed by atoms with van der Waals surface area (Å²) in [5.74, 6) is 0.827. The highest BCUT2D eigenvalue weighted by Gasteiger charge is 2.39. The topological polar surface area (TPSA) is 29.3 Å². The fraction of sp³-hybridized carbons (Fsp3) is 1.00. The molecule has 104 valence electrons. The number of nitrogens with zero attached hydrogens (tertiary/aromatic N) is 1. The van der Waals surface area contributed by atoms with E-state index in [-0.39, 0.29) is 0 Å². The molecule has 3 rings (SSSR count). The minimum Gasteiger partial charge on any atom is -0.326 e. The SMILES string of the molecule is NC(CN1CCC2(CCCCC2)C1)C1CCCC1. The molecular formula is C16H30N2. The van der Waals surface area contributed by atoms with Crippen LogP contribution in [0.2, 0.25) is 0 Å². The lowest BCUT2D eigenvalue weighted by molar-refractivity contribution is 0.177. The van der Waals surface area contributed by atoms with Crippen LogP contribution in [-0.2, 0) is 0 Å². The zero-order valence-corrected chi connectivity index (χ0v) is 11.9. The van der Waals surface area contributed by atoms with Crippen molar-refractivity contribution in [3.63, 3.8) is 0 Å². The van der Waals surface area contributed by atoms with Crippen LogP contribution >= 0.6 is 0 Å². The molecule has 1 heterocycles. The standard InChI is InChI=1S/C16H30N2/c17-15(14-6-2-3-7-14)12-18-11-10-16(13-18)8-4-1-5-9-16/h14-15H,1-13,17H2. The van der Waals surface area contributed by atoms with Crippen molar-refractivity contribution in [1.29, 1.82) is 0 Å². The predicted octanol–water partition coefficient (Wildman–Crippen LogP) is 3.16. The van der Waals surface area contributed by atoms with Crippen molar-refractivity contribution < 1.29 is 0 Å². The molecule has 1 spiro atoms. The maximum atomic E-state index is 6.44. The van der Waals surface area contributed by atoms with Crippen LogP contribution in [0.25, 0.3) is 0 Å². The van der Waals surface area contributed by atoms with Crippen molar-refractivity contribution in [2.75, 3.05) is 19.6 Å². The molecule has 1 atom stereocenters. The molecule has 0 aromatic carbocycles. The summed E-state index contributed by atoms with van der Waals surface area (Å²) < 4.78 is 0. The molecule has 0 bridgehead atoms. The van der Waals surface area contributed by atoms with Gasteiger partial charge in [0.25, 0.3) is 0 Å². The smallest absolute Gasteiger partial charge is 0.0196 e. The van der Waals surface area contributed by atoms with Crippen LogP contribution in [-0.4, -0.2) is 30.6 Å². The first-order valence-electron chi connectivity index (χ1n) is 8.25. The summed E-state index contributed by atoms with van der Waals surface area (Å²) in [6, 6.07) is 0.450. The summed E-state index contributed by atoms with van der Waals surface area (Å²) in [4.78, 5) is 2.69. The molecule has 1 aliphatic heterocycles. The van der Waals surface area contributed by atoms with Gasteiger partial charge in [-0.25, -0.2) is 0 Å². The number of rotatable bonds is 3. The first-order valence-corrected chi connectivity index (χ1v) is 8.25. The highest BCUT2D eigenvalue weighted by atomic mass is 15.2. The molecule has 0 aromatic rings. The van der Waals surface area contributed by atoms with Crippen molar-refractivity contribution >= 4 is 0 Å². The zero-order chi connectivity index (χ0) is 12.4. The van der Waals surface area contributed by atoms with Crippen LogP contribution < -0.4 is 5.73 Å². The van der Waals surface area contributed by atoms with Gasteiger partial charge in [-0.15, -0.1) is 0 Å². The van der Waals surface area contributed by atoms with Gasteiger partial charge in [0.15, 0.2) is 0 Å². The van der Waals surface area contributed by atoms with Crippen LogP contribution in [0.4, 0.5) is 0 Å². The molecule has 2 aliphatic carbocycles. The van der Waals surface area contributed by atoms with Crippen LogP contribution in [0.5, 0.6) is 0 Å². The van der Waals surface area contributed by atoms with Crippen LogP contribution in [0.15, 0.2) is 0 Å². The number of hydrogen-bond acceptors (Lipinski definition) is 2. The average molecular weight is 250 g/mol. The Labute approximate surface area is 112 Å². The van der Waals surface area contributed by atoms with Gasteiger partial charge in [0.2, 0.25) is 0 Å². The van der Waals surface area contributed by atoms with E-state index in [1.54, 1.807) is 0 Å². The summed E-state index contributed by atoms with van der Waals surface area (Å²) in [5, 5.41) is 0. The first kappa shape index (κ1) is 12.9. The molecule has 2 saturated carbocycles. The Balaban J connectivity index is 1.49. The Hall–Kier alpha value is -0.0800. The Morgan fingerprint density at radius 2 is 1.72 bits per heavy atom. The summed E-state index contributed by atoms with van der Waals surface area (Å²) >= 11 is 0. The lowest BCUT2D eigenvalue weighted by Crippen LogP contribution is -2.41. The van der Waals surface area contributed by atoms with Gasteiger partial charge >= 0.3 is 0 Å². The van der Waals surface area contributed by atoms with E-state index < -0.39 is 0 Å². The van der Waals surface area contributed by atoms with Crippen molar-refractivity contribution in [1.82, 2.24) is 4.90 Å². The van der Waals surface area contributed by atoms with Crippen LogP contribution in [0, 0.1) is 11.3 Å². The van der Waals surface area contributed by atoms with E-state index in [0.29, 0.717) is 11.5 Å². The Kier molecular flexibility index (Phi) is 3.95. The molecule has 2 nitrogen and oxygen atoms in total. The van der Waals surface area contributed by atoms with E-state index in [0.717, 1.165) is 5.92 Å². The maximum Gasteiger partial charge on any atom is 0.0196 e. The third kappa shape index (κ3) is 2.75. The van der Waals surface area contributed by atoms with Gasteiger partial charge in [-0.05, 0) is 50.0 Å². The second-order valence-corrected chi connectivity index (χ2v) is 7.25. The monoisotopic (exact) mass is 250 g/mol. The van der Waals surface area contributed by atoms with E-state index in [1.807, 2.05) is 0 Å². The molecule has 2 heteroatoms. The molecule has 2 N–H and O–H groups in total. The van der Waals surface area contributed by atoms with Crippen molar-refractivity contribution in [2.45, 2.75) is 70.3 Å². The highest BCUT2D eigenvalue weighted by molar-refractivity contribution is 4.93. The largest absolute Gasteiger partial charge is 0.326 e. The fourth-order valence-electron chi connectivity index (χ4n) is 4.73. The highest BCUT2D eigenvalue weighted by Crippen LogP contribution is 2.43. The Bertz CT molecular complexity index is 264. The molecule has 1 saturated heterocycles. The number of nitrogens with two attached hydrogens (primary N) is 1. The maximum absolute atomic E-state index is 6.44. The first-order chi connectivity index (χ1) is 8.77. The normalized spacial score (nSPS) is 31.2. The predicted molar refractivity (Wildman–Crippen MR) is 76.5 cm³/mol. The van der Waals surface area contributed by atoms with Crippen molar-refractivity contribution in [2.24, 2.45) is 17.1 Å². The molecule has 0 aromatic heterocycles. The molecule has 3 fully saturated rings. The molecule has 1 unspecified atom stereocenters. The van der Waals surface area contributed by atoms with Crippen molar-refractivity contribution in [3.8, 4) is 0 Å². The molecule has 18 heavy (non-hydrogen) atoms. The van der Waals surface area contributed by atoms with Gasteiger partial charge in [0.05, 0.1) is 0 Å². The van der Waals surface area contributed by atoms with E-state index >= 15 is 0 Å². The summed E-state index contributed by atoms with van der Waals surface area (Å²) in [6.07, 6.45) is 14.5. The second kappa shape index (κ2) is 5.50. The third-order valence-corrected chi connectivity index (χ3v) is 5.91. The minimum absolute atomic E-state index is 0.450. The van der Waals surface area contributed by atoms with Crippen LogP contribution in [0.1, 0.15) is 64.2 Å². The van der Waals surface area contributed by atoms with Gasteiger partial charge in [-0.1, -0.05) is 32.1 Å². The molecule has 0 radical (unpaired) electrons. The van der Waals surface area contributed by atoms with Gasteiger partial charge in [-0.3, -0.25) is 0 Å². The molecular weight excluding hydrogens is 220 g/mol. The quantitative estimate of drug-likeness (QED) is 0.833. The number of likely N-dealkylation sites (tertiary alicyclic amines) is 1. The lowest BCUT2D eigenvalue weighted by Gasteiger charge is -2.34.